The van der Waals surface area contributed by atoms with Gasteiger partial charge in [-0.25, -0.2) is 4.98 Å². The van der Waals surface area contributed by atoms with Gasteiger partial charge in [0.2, 0.25) is 5.91 Å². The van der Waals surface area contributed by atoms with E-state index in [1.54, 1.807) is 0 Å². The van der Waals surface area contributed by atoms with Crippen LogP contribution in [0.25, 0.3) is 0 Å². The number of hydrogen-bond acceptors (Lipinski definition) is 6. The van der Waals surface area contributed by atoms with E-state index in [1.807, 2.05) is 0 Å². The molecule has 1 aromatic rings. The highest BCUT2D eigenvalue weighted by Gasteiger charge is 2.32. The monoisotopic (exact) mass is 243 g/mol. The zero-order valence-electron chi connectivity index (χ0n) is 8.20. The molecule has 1 unspecified atom stereocenters. The Labute approximate surface area is 94.5 Å². The molecule has 1 atom stereocenters. The van der Waals surface area contributed by atoms with Crippen molar-refractivity contribution >= 4 is 27.4 Å². The first kappa shape index (κ1) is 11.0. The van der Waals surface area contributed by atoms with E-state index >= 15 is 0 Å². The van der Waals surface area contributed by atoms with Crippen LogP contribution in [0.4, 0.5) is 10.1 Å². The third-order valence-corrected chi connectivity index (χ3v) is 3.33. The highest BCUT2D eigenvalue weighted by atomic mass is 32.1. The molecule has 0 saturated carbocycles. The molecule has 8 heteroatoms. The molecule has 1 aliphatic rings. The van der Waals surface area contributed by atoms with Crippen LogP contribution in [0.3, 0.4) is 0 Å². The van der Waals surface area contributed by atoms with Crippen molar-refractivity contribution in [1.82, 2.24) is 4.98 Å². The number of aromatic nitrogens is 1. The Morgan fingerprint density at radius 2 is 2.50 bits per heavy atom. The molecule has 0 aliphatic carbocycles. The molecule has 0 bridgehead atoms. The fourth-order valence-electron chi connectivity index (χ4n) is 1.55. The maximum Gasteiger partial charge on any atom is 0.345 e. The van der Waals surface area contributed by atoms with Crippen molar-refractivity contribution in [2.75, 3.05) is 18.1 Å². The zero-order chi connectivity index (χ0) is 11.7. The number of aliphatic hydroxyl groups excluding tert-OH is 1. The van der Waals surface area contributed by atoms with Gasteiger partial charge in [-0.3, -0.25) is 19.8 Å². The smallest absolute Gasteiger partial charge is 0.345 e. The number of nitro groups is 1. The highest BCUT2D eigenvalue weighted by molar-refractivity contribution is 7.18. The van der Waals surface area contributed by atoms with Crippen LogP contribution in [0.1, 0.15) is 6.42 Å². The van der Waals surface area contributed by atoms with E-state index in [4.69, 9.17) is 5.11 Å². The van der Waals surface area contributed by atoms with E-state index in [2.05, 4.69) is 4.98 Å². The molecular weight excluding hydrogens is 234 g/mol. The summed E-state index contributed by atoms with van der Waals surface area (Å²) in [6.07, 6.45) is 1.41. The van der Waals surface area contributed by atoms with Crippen LogP contribution in [0.15, 0.2) is 6.20 Å². The first-order chi connectivity index (χ1) is 7.61. The van der Waals surface area contributed by atoms with Gasteiger partial charge < -0.3 is 5.11 Å². The molecule has 0 aromatic carbocycles. The Morgan fingerprint density at radius 1 is 1.75 bits per heavy atom. The van der Waals surface area contributed by atoms with Crippen LogP contribution in [-0.2, 0) is 4.79 Å². The minimum Gasteiger partial charge on any atom is -0.396 e. The van der Waals surface area contributed by atoms with Crippen molar-refractivity contribution in [3.8, 4) is 0 Å². The van der Waals surface area contributed by atoms with Crippen molar-refractivity contribution in [1.29, 1.82) is 0 Å². The summed E-state index contributed by atoms with van der Waals surface area (Å²) in [6.45, 7) is 0.315. The van der Waals surface area contributed by atoms with E-state index in [1.165, 1.54) is 4.90 Å². The van der Waals surface area contributed by atoms with Crippen molar-refractivity contribution < 1.29 is 14.8 Å². The summed E-state index contributed by atoms with van der Waals surface area (Å²) in [7, 11) is 0. The van der Waals surface area contributed by atoms with Gasteiger partial charge in [0.25, 0.3) is 0 Å². The lowest BCUT2D eigenvalue weighted by molar-refractivity contribution is -0.380. The minimum absolute atomic E-state index is 0.0598. The zero-order valence-corrected chi connectivity index (χ0v) is 9.01. The summed E-state index contributed by atoms with van der Waals surface area (Å²) in [6, 6.07) is 0. The summed E-state index contributed by atoms with van der Waals surface area (Å²) in [5, 5.41) is 19.6. The molecule has 0 radical (unpaired) electrons. The molecule has 1 amide bonds. The van der Waals surface area contributed by atoms with Gasteiger partial charge in [0.1, 0.15) is 6.20 Å². The largest absolute Gasteiger partial charge is 0.396 e. The lowest BCUT2D eigenvalue weighted by atomic mass is 10.1. The van der Waals surface area contributed by atoms with Gasteiger partial charge in [-0.2, -0.15) is 0 Å². The Balaban J connectivity index is 2.18. The predicted octanol–water partition coefficient (Wildman–Crippen LogP) is 0.396. The average Bonchev–Trinajstić information content (AvgIpc) is 2.83. The van der Waals surface area contributed by atoms with Crippen LogP contribution < -0.4 is 4.90 Å². The SMILES string of the molecule is O=C1CC(CO)CN1c1ncc([N+](=O)[O-])s1. The van der Waals surface area contributed by atoms with Crippen LogP contribution >= 0.6 is 11.3 Å². The number of nitrogens with zero attached hydrogens (tertiary/aromatic N) is 3. The maximum absolute atomic E-state index is 11.5. The normalized spacial score (nSPS) is 20.4. The highest BCUT2D eigenvalue weighted by Crippen LogP contribution is 2.32. The van der Waals surface area contributed by atoms with E-state index < -0.39 is 4.92 Å². The number of thiazole rings is 1. The van der Waals surface area contributed by atoms with Crippen molar-refractivity contribution in [2.24, 2.45) is 5.92 Å². The van der Waals surface area contributed by atoms with Crippen LogP contribution in [0.5, 0.6) is 0 Å². The number of anilines is 1. The van der Waals surface area contributed by atoms with E-state index in [0.29, 0.717) is 11.7 Å². The standard InChI is InChI=1S/C8H9N3O4S/c12-4-5-1-6(13)10(3-5)8-9-2-7(16-8)11(14)15/h2,5,12H,1,3-4H2. The van der Waals surface area contributed by atoms with E-state index in [9.17, 15) is 14.9 Å². The predicted molar refractivity (Wildman–Crippen MR) is 56.3 cm³/mol. The molecule has 16 heavy (non-hydrogen) atoms. The van der Waals surface area contributed by atoms with Gasteiger partial charge in [0.05, 0.1) is 4.92 Å². The lowest BCUT2D eigenvalue weighted by Gasteiger charge is -2.11. The molecule has 1 fully saturated rings. The summed E-state index contributed by atoms with van der Waals surface area (Å²) in [5.41, 5.74) is 0. The first-order valence-electron chi connectivity index (χ1n) is 4.63. The number of hydrogen-bond donors (Lipinski definition) is 1. The topological polar surface area (TPSA) is 96.6 Å². The summed E-state index contributed by atoms with van der Waals surface area (Å²) >= 11 is 0.868. The van der Waals surface area contributed by atoms with Gasteiger partial charge in [-0.15, -0.1) is 0 Å². The third-order valence-electron chi connectivity index (χ3n) is 2.36. The molecule has 2 heterocycles. The Kier molecular flexibility index (Phi) is 2.84. The second-order valence-corrected chi connectivity index (χ2v) is 4.48. The molecule has 7 nitrogen and oxygen atoms in total. The summed E-state index contributed by atoms with van der Waals surface area (Å²) < 4.78 is 0. The van der Waals surface area contributed by atoms with Gasteiger partial charge in [0.15, 0.2) is 5.13 Å². The summed E-state index contributed by atoms with van der Waals surface area (Å²) in [4.78, 5) is 26.7. The number of carbonyl (C=O) groups is 1. The second kappa shape index (κ2) is 4.14. The quantitative estimate of drug-likeness (QED) is 0.612. The Morgan fingerprint density at radius 3 is 3.00 bits per heavy atom. The number of aliphatic hydroxyl groups is 1. The third kappa shape index (κ3) is 1.89. The number of carbonyl (C=O) groups excluding carboxylic acids is 1. The van der Waals surface area contributed by atoms with Crippen molar-refractivity contribution in [3.05, 3.63) is 16.3 Å². The van der Waals surface area contributed by atoms with Crippen LogP contribution in [0.2, 0.25) is 0 Å². The Hall–Kier alpha value is -1.54. The molecular formula is C8H9N3O4S. The molecule has 2 rings (SSSR count). The number of amides is 1. The average molecular weight is 243 g/mol. The molecule has 1 N–H and O–H groups in total. The van der Waals surface area contributed by atoms with E-state index in [0.717, 1.165) is 17.5 Å². The van der Waals surface area contributed by atoms with Crippen molar-refractivity contribution in [2.45, 2.75) is 6.42 Å². The molecule has 86 valence electrons. The van der Waals surface area contributed by atoms with Gasteiger partial charge in [-0.1, -0.05) is 0 Å². The second-order valence-electron chi connectivity index (χ2n) is 3.50. The van der Waals surface area contributed by atoms with Gasteiger partial charge >= 0.3 is 5.00 Å². The van der Waals surface area contributed by atoms with Crippen molar-refractivity contribution in [3.63, 3.8) is 0 Å². The molecule has 1 aromatic heterocycles. The summed E-state index contributed by atoms with van der Waals surface area (Å²) in [5.74, 6) is -0.251. The Bertz CT molecular complexity index is 433. The maximum atomic E-state index is 11.5. The van der Waals surface area contributed by atoms with Gasteiger partial charge in [0, 0.05) is 25.5 Å². The molecule has 1 aliphatic heterocycles. The fourth-order valence-corrected chi connectivity index (χ4v) is 2.31. The fraction of sp³-hybridized carbons (Fsp3) is 0.500. The van der Waals surface area contributed by atoms with Crippen LogP contribution in [-0.4, -0.2) is 34.1 Å². The first-order valence-corrected chi connectivity index (χ1v) is 5.45. The van der Waals surface area contributed by atoms with Gasteiger partial charge in [-0.05, 0) is 11.3 Å². The molecule has 1 saturated heterocycles. The minimum atomic E-state index is -0.536. The van der Waals surface area contributed by atoms with Crippen LogP contribution in [0, 0.1) is 16.0 Å². The molecule has 0 spiro atoms. The lowest BCUT2D eigenvalue weighted by Crippen LogP contribution is -2.24. The van der Waals surface area contributed by atoms with E-state index in [-0.39, 0.29) is 29.9 Å². The number of rotatable bonds is 3.